The number of carboxylic acid groups (broad SMARTS) is 1. The molecule has 2 aliphatic heterocycles. The summed E-state index contributed by atoms with van der Waals surface area (Å²) in [6.07, 6.45) is 2.77. The molecule has 0 saturated carbocycles. The average molecular weight is 403 g/mol. The van der Waals surface area contributed by atoms with Crippen molar-refractivity contribution in [2.75, 3.05) is 31.2 Å². The van der Waals surface area contributed by atoms with Crippen molar-refractivity contribution in [2.24, 2.45) is 0 Å². The second-order valence-electron chi connectivity index (χ2n) is 7.54. The summed E-state index contributed by atoms with van der Waals surface area (Å²) < 4.78 is 7.09. The molecule has 1 fully saturated rings. The molecule has 5 rings (SSSR count). The van der Waals surface area contributed by atoms with Gasteiger partial charge in [0.1, 0.15) is 5.82 Å². The lowest BCUT2D eigenvalue weighted by Gasteiger charge is -2.28. The Morgan fingerprint density at radius 1 is 1.07 bits per heavy atom. The van der Waals surface area contributed by atoms with E-state index in [0.717, 1.165) is 43.9 Å². The van der Waals surface area contributed by atoms with Crippen LogP contribution in [0.4, 0.5) is 5.69 Å². The lowest BCUT2D eigenvalue weighted by atomic mass is 10.1. The molecule has 3 aromatic rings. The van der Waals surface area contributed by atoms with Gasteiger partial charge in [0.2, 0.25) is 0 Å². The number of aromatic nitrogens is 2. The third-order valence-corrected chi connectivity index (χ3v) is 5.70. The van der Waals surface area contributed by atoms with Crippen LogP contribution in [0, 0.1) is 0 Å². The van der Waals surface area contributed by atoms with Crippen LogP contribution < -0.4 is 10.5 Å². The molecule has 2 aliphatic rings. The molecule has 1 saturated heterocycles. The second kappa shape index (κ2) is 7.42. The summed E-state index contributed by atoms with van der Waals surface area (Å²) in [5.74, 6) is -0.414. The highest BCUT2D eigenvalue weighted by atomic mass is 16.5. The topological polar surface area (TPSA) is 84.7 Å². The van der Waals surface area contributed by atoms with Crippen LogP contribution in [-0.2, 0) is 11.3 Å². The maximum absolute atomic E-state index is 12.9. The number of nitrogens with zero attached hydrogens (tertiary/aromatic N) is 3. The normalized spacial score (nSPS) is 17.5. The highest BCUT2D eigenvalue weighted by Gasteiger charge is 2.21. The third-order valence-electron chi connectivity index (χ3n) is 5.70. The Hall–Kier alpha value is -3.45. The molecule has 1 aromatic heterocycles. The molecule has 7 nitrogen and oxygen atoms in total. The van der Waals surface area contributed by atoms with E-state index < -0.39 is 5.97 Å². The van der Waals surface area contributed by atoms with E-state index in [4.69, 9.17) is 4.74 Å². The van der Waals surface area contributed by atoms with E-state index in [1.165, 1.54) is 17.8 Å². The van der Waals surface area contributed by atoms with E-state index in [0.29, 0.717) is 23.3 Å². The van der Waals surface area contributed by atoms with Crippen LogP contribution >= 0.6 is 0 Å². The van der Waals surface area contributed by atoms with Crippen LogP contribution in [0.15, 0.2) is 47.3 Å². The van der Waals surface area contributed by atoms with Gasteiger partial charge in [0.05, 0.1) is 29.7 Å². The number of hydrogen-bond acceptors (Lipinski definition) is 5. The van der Waals surface area contributed by atoms with Crippen LogP contribution in [0.3, 0.4) is 0 Å². The van der Waals surface area contributed by atoms with Crippen LogP contribution in [-0.4, -0.2) is 46.9 Å². The molecular formula is C23H21N3O4. The zero-order chi connectivity index (χ0) is 20.7. The number of carboxylic acids is 1. The average Bonchev–Trinajstić information content (AvgIpc) is 3.17. The molecular weight excluding hydrogens is 382 g/mol. The Morgan fingerprint density at radius 2 is 1.83 bits per heavy atom. The van der Waals surface area contributed by atoms with Crippen molar-refractivity contribution in [3.63, 3.8) is 0 Å². The summed E-state index contributed by atoms with van der Waals surface area (Å²) in [4.78, 5) is 31.1. The van der Waals surface area contributed by atoms with Crippen molar-refractivity contribution in [3.05, 3.63) is 69.8 Å². The monoisotopic (exact) mass is 403 g/mol. The van der Waals surface area contributed by atoms with Gasteiger partial charge in [-0.25, -0.2) is 9.78 Å². The van der Waals surface area contributed by atoms with Gasteiger partial charge in [-0.3, -0.25) is 9.36 Å². The third kappa shape index (κ3) is 3.27. The van der Waals surface area contributed by atoms with Gasteiger partial charge in [0.15, 0.2) is 0 Å². The number of anilines is 1. The summed E-state index contributed by atoms with van der Waals surface area (Å²) in [7, 11) is 0. The van der Waals surface area contributed by atoms with E-state index in [1.54, 1.807) is 10.6 Å². The number of benzene rings is 2. The van der Waals surface area contributed by atoms with Gasteiger partial charge >= 0.3 is 5.97 Å². The minimum Gasteiger partial charge on any atom is -0.478 e. The molecule has 0 amide bonds. The first-order valence-electron chi connectivity index (χ1n) is 10.0. The number of aromatic carboxylic acids is 1. The molecule has 3 heterocycles. The van der Waals surface area contributed by atoms with Crippen LogP contribution in [0.2, 0.25) is 0 Å². The molecule has 0 aliphatic carbocycles. The smallest absolute Gasteiger partial charge is 0.335 e. The number of hydrogen-bond donors (Lipinski definition) is 1. The van der Waals surface area contributed by atoms with Gasteiger partial charge in [-0.05, 0) is 54.0 Å². The quantitative estimate of drug-likeness (QED) is 0.724. The molecule has 1 N–H and O–H groups in total. The standard InChI is InChI=1S/C23H21N3O4/c27-22-19-6-3-17(23(28)29)14-20(19)24-21-16(7-8-26(21)22)13-15-1-4-18(5-2-15)25-9-11-30-12-10-25/h1-6,13-14H,7-12H2,(H,28,29)/b16-13-. The highest BCUT2D eigenvalue weighted by Crippen LogP contribution is 2.28. The summed E-state index contributed by atoms with van der Waals surface area (Å²) in [5.41, 5.74) is 3.62. The Labute approximate surface area is 172 Å². The summed E-state index contributed by atoms with van der Waals surface area (Å²) in [6, 6.07) is 12.8. The fraction of sp³-hybridized carbons (Fsp3) is 0.261. The van der Waals surface area contributed by atoms with Crippen LogP contribution in [0.5, 0.6) is 0 Å². The summed E-state index contributed by atoms with van der Waals surface area (Å²) in [5, 5.41) is 9.68. The number of carbonyl (C=O) groups is 1. The number of rotatable bonds is 3. The minimum atomic E-state index is -1.03. The number of fused-ring (bicyclic) bond motifs is 2. The maximum Gasteiger partial charge on any atom is 0.335 e. The predicted molar refractivity (Wildman–Crippen MR) is 115 cm³/mol. The first kappa shape index (κ1) is 18.6. The molecule has 0 atom stereocenters. The molecule has 7 heteroatoms. The van der Waals surface area contributed by atoms with E-state index >= 15 is 0 Å². The minimum absolute atomic E-state index is 0.126. The molecule has 152 valence electrons. The lowest BCUT2D eigenvalue weighted by Crippen LogP contribution is -2.36. The molecule has 30 heavy (non-hydrogen) atoms. The second-order valence-corrected chi connectivity index (χ2v) is 7.54. The Bertz CT molecular complexity index is 1220. The largest absolute Gasteiger partial charge is 0.478 e. The molecule has 0 spiro atoms. The van der Waals surface area contributed by atoms with Crippen molar-refractivity contribution >= 4 is 34.2 Å². The summed E-state index contributed by atoms with van der Waals surface area (Å²) >= 11 is 0. The van der Waals surface area contributed by atoms with E-state index in [-0.39, 0.29) is 11.1 Å². The zero-order valence-corrected chi connectivity index (χ0v) is 16.4. The molecule has 0 radical (unpaired) electrons. The van der Waals surface area contributed by atoms with Gasteiger partial charge in [-0.1, -0.05) is 12.1 Å². The van der Waals surface area contributed by atoms with Crippen LogP contribution in [0.1, 0.15) is 28.2 Å². The molecule has 2 aromatic carbocycles. The van der Waals surface area contributed by atoms with Crippen molar-refractivity contribution in [3.8, 4) is 0 Å². The van der Waals surface area contributed by atoms with Gasteiger partial charge in [-0.15, -0.1) is 0 Å². The molecule has 0 unspecified atom stereocenters. The lowest BCUT2D eigenvalue weighted by molar-refractivity contribution is 0.0697. The summed E-state index contributed by atoms with van der Waals surface area (Å²) in [6.45, 7) is 3.87. The van der Waals surface area contributed by atoms with Gasteiger partial charge < -0.3 is 14.7 Å². The van der Waals surface area contributed by atoms with E-state index in [1.807, 2.05) is 0 Å². The van der Waals surface area contributed by atoms with Gasteiger partial charge in [0.25, 0.3) is 5.56 Å². The Balaban J connectivity index is 1.50. The SMILES string of the molecule is O=C(O)c1ccc2c(=O)n3c(nc2c1)/C(=C\c1ccc(N2CCOCC2)cc1)CC3. The highest BCUT2D eigenvalue weighted by molar-refractivity contribution is 5.93. The van der Waals surface area contributed by atoms with Crippen molar-refractivity contribution in [1.82, 2.24) is 9.55 Å². The molecule has 0 bridgehead atoms. The Morgan fingerprint density at radius 3 is 2.57 bits per heavy atom. The number of ether oxygens (including phenoxy) is 1. The van der Waals surface area contributed by atoms with Crippen molar-refractivity contribution in [1.29, 1.82) is 0 Å². The fourth-order valence-electron chi connectivity index (χ4n) is 4.09. The zero-order valence-electron chi connectivity index (χ0n) is 16.4. The fourth-order valence-corrected chi connectivity index (χ4v) is 4.09. The first-order valence-corrected chi connectivity index (χ1v) is 10.0. The van der Waals surface area contributed by atoms with Crippen molar-refractivity contribution < 1.29 is 14.6 Å². The maximum atomic E-state index is 12.9. The van der Waals surface area contributed by atoms with Gasteiger partial charge in [-0.2, -0.15) is 0 Å². The van der Waals surface area contributed by atoms with Crippen LogP contribution in [0.25, 0.3) is 22.6 Å². The first-order chi connectivity index (χ1) is 14.6. The van der Waals surface area contributed by atoms with E-state index in [2.05, 4.69) is 40.2 Å². The van der Waals surface area contributed by atoms with Crippen molar-refractivity contribution in [2.45, 2.75) is 13.0 Å². The van der Waals surface area contributed by atoms with E-state index in [9.17, 15) is 14.7 Å². The number of allylic oxidation sites excluding steroid dienone is 1. The Kier molecular flexibility index (Phi) is 4.59. The van der Waals surface area contributed by atoms with Gasteiger partial charge in [0, 0.05) is 25.3 Å². The number of morpholine rings is 1. The predicted octanol–water partition coefficient (Wildman–Crippen LogP) is 2.88.